The minimum Gasteiger partial charge on any atom is -0.378 e. The molecule has 6 heteroatoms. The van der Waals surface area contributed by atoms with Crippen LogP contribution in [0.1, 0.15) is 33.1 Å². The lowest BCUT2D eigenvalue weighted by Crippen LogP contribution is -2.43. The molecule has 0 aromatic rings. The molecule has 1 fully saturated rings. The smallest absolute Gasteiger partial charge is 0.213 e. The largest absolute Gasteiger partial charge is 0.378 e. The molecular formula is C11H24N2O3S. The van der Waals surface area contributed by atoms with Gasteiger partial charge in [0.05, 0.1) is 11.9 Å². The summed E-state index contributed by atoms with van der Waals surface area (Å²) in [5.41, 5.74) is 0. The van der Waals surface area contributed by atoms with Crippen molar-refractivity contribution in [2.75, 3.05) is 25.4 Å². The lowest BCUT2D eigenvalue weighted by molar-refractivity contribution is 0.0173. The Labute approximate surface area is 104 Å². The Morgan fingerprint density at radius 1 is 1.35 bits per heavy atom. The molecule has 1 heterocycles. The van der Waals surface area contributed by atoms with Crippen LogP contribution in [0.5, 0.6) is 0 Å². The number of hydrogen-bond acceptors (Lipinski definition) is 4. The molecule has 2 atom stereocenters. The van der Waals surface area contributed by atoms with Gasteiger partial charge in [-0.3, -0.25) is 0 Å². The van der Waals surface area contributed by atoms with E-state index < -0.39 is 10.0 Å². The van der Waals surface area contributed by atoms with E-state index in [1.807, 2.05) is 6.92 Å². The Bertz CT molecular complexity index is 306. The molecule has 0 aromatic heterocycles. The van der Waals surface area contributed by atoms with Crippen molar-refractivity contribution in [3.63, 3.8) is 0 Å². The van der Waals surface area contributed by atoms with Gasteiger partial charge in [0.2, 0.25) is 10.0 Å². The van der Waals surface area contributed by atoms with Crippen LogP contribution in [-0.4, -0.2) is 46.0 Å². The third-order valence-electron chi connectivity index (χ3n) is 2.81. The summed E-state index contributed by atoms with van der Waals surface area (Å²) in [4.78, 5) is 0. The van der Waals surface area contributed by atoms with Gasteiger partial charge in [-0.15, -0.1) is 0 Å². The summed E-state index contributed by atoms with van der Waals surface area (Å²) in [6, 6.07) is 0.0370. The lowest BCUT2D eigenvalue weighted by Gasteiger charge is -2.27. The monoisotopic (exact) mass is 264 g/mol. The quantitative estimate of drug-likeness (QED) is 0.656. The van der Waals surface area contributed by atoms with E-state index in [0.29, 0.717) is 13.2 Å². The molecule has 5 nitrogen and oxygen atoms in total. The zero-order valence-corrected chi connectivity index (χ0v) is 11.6. The average Bonchev–Trinajstić information content (AvgIpc) is 2.24. The summed E-state index contributed by atoms with van der Waals surface area (Å²) >= 11 is 0. The van der Waals surface area contributed by atoms with Gasteiger partial charge < -0.3 is 10.1 Å². The van der Waals surface area contributed by atoms with Crippen LogP contribution >= 0.6 is 0 Å². The van der Waals surface area contributed by atoms with Gasteiger partial charge in [0, 0.05) is 19.2 Å². The molecule has 0 aromatic carbocycles. The minimum atomic E-state index is -3.15. The minimum absolute atomic E-state index is 0.0370. The van der Waals surface area contributed by atoms with Gasteiger partial charge in [0.1, 0.15) is 0 Å². The molecule has 102 valence electrons. The maximum atomic E-state index is 11.8. The number of sulfonamides is 1. The normalized spacial score (nSPS) is 26.0. The highest BCUT2D eigenvalue weighted by Gasteiger charge is 2.23. The topological polar surface area (TPSA) is 67.4 Å². The van der Waals surface area contributed by atoms with Gasteiger partial charge >= 0.3 is 0 Å². The van der Waals surface area contributed by atoms with Crippen LogP contribution in [-0.2, 0) is 14.8 Å². The van der Waals surface area contributed by atoms with Crippen molar-refractivity contribution in [1.29, 1.82) is 0 Å². The predicted octanol–water partition coefficient (Wildman–Crippen LogP) is 0.473. The zero-order chi connectivity index (χ0) is 12.7. The first kappa shape index (κ1) is 14.9. The van der Waals surface area contributed by atoms with Crippen molar-refractivity contribution < 1.29 is 13.2 Å². The summed E-state index contributed by atoms with van der Waals surface area (Å²) in [5.74, 6) is 0.152. The second-order valence-electron chi connectivity index (χ2n) is 4.59. The Hall–Kier alpha value is -0.170. The molecular weight excluding hydrogens is 240 g/mol. The summed E-state index contributed by atoms with van der Waals surface area (Å²) in [7, 11) is -3.15. The Balaban J connectivity index is 2.27. The standard InChI is InChI=1S/C11H24N2O3S/c1-3-5-12-6-8-17(14,15)13-11-4-7-16-10(2)9-11/h10-13H,3-9H2,1-2H3. The summed E-state index contributed by atoms with van der Waals surface area (Å²) < 4.78 is 31.7. The van der Waals surface area contributed by atoms with Gasteiger partial charge in [0.25, 0.3) is 0 Å². The summed E-state index contributed by atoms with van der Waals surface area (Å²) in [6.07, 6.45) is 2.70. The third kappa shape index (κ3) is 6.35. The van der Waals surface area contributed by atoms with E-state index in [0.717, 1.165) is 25.8 Å². The first-order chi connectivity index (χ1) is 8.03. The second-order valence-corrected chi connectivity index (χ2v) is 6.46. The van der Waals surface area contributed by atoms with E-state index in [1.165, 1.54) is 0 Å². The van der Waals surface area contributed by atoms with Gasteiger partial charge in [-0.1, -0.05) is 6.92 Å². The third-order valence-corrected chi connectivity index (χ3v) is 4.24. The maximum absolute atomic E-state index is 11.8. The van der Waals surface area contributed by atoms with Crippen LogP contribution < -0.4 is 10.0 Å². The van der Waals surface area contributed by atoms with Gasteiger partial charge in [0.15, 0.2) is 0 Å². The molecule has 17 heavy (non-hydrogen) atoms. The van der Waals surface area contributed by atoms with Crippen LogP contribution in [0.15, 0.2) is 0 Å². The molecule has 0 spiro atoms. The van der Waals surface area contributed by atoms with Crippen molar-refractivity contribution in [2.45, 2.75) is 45.3 Å². The van der Waals surface area contributed by atoms with Gasteiger partial charge in [-0.2, -0.15) is 0 Å². The van der Waals surface area contributed by atoms with Crippen LogP contribution in [0.4, 0.5) is 0 Å². The number of ether oxygens (including phenoxy) is 1. The van der Waals surface area contributed by atoms with Crippen LogP contribution in [0.25, 0.3) is 0 Å². The molecule has 0 amide bonds. The molecule has 0 saturated carbocycles. The number of rotatable bonds is 7. The molecule has 1 rings (SSSR count). The fourth-order valence-electron chi connectivity index (χ4n) is 1.93. The van der Waals surface area contributed by atoms with Gasteiger partial charge in [-0.25, -0.2) is 13.1 Å². The molecule has 1 aliphatic rings. The Morgan fingerprint density at radius 3 is 2.76 bits per heavy atom. The first-order valence-electron chi connectivity index (χ1n) is 6.36. The van der Waals surface area contributed by atoms with Crippen molar-refractivity contribution in [2.24, 2.45) is 0 Å². The average molecular weight is 264 g/mol. The van der Waals surface area contributed by atoms with Crippen LogP contribution in [0, 0.1) is 0 Å². The lowest BCUT2D eigenvalue weighted by atomic mass is 10.1. The SMILES string of the molecule is CCCNCCS(=O)(=O)NC1CCOC(C)C1. The predicted molar refractivity (Wildman–Crippen MR) is 68.5 cm³/mol. The van der Waals surface area contributed by atoms with E-state index in [1.54, 1.807) is 0 Å². The molecule has 2 N–H and O–H groups in total. The van der Waals surface area contributed by atoms with E-state index in [-0.39, 0.29) is 17.9 Å². The highest BCUT2D eigenvalue weighted by molar-refractivity contribution is 7.89. The highest BCUT2D eigenvalue weighted by atomic mass is 32.2. The molecule has 0 aliphatic carbocycles. The van der Waals surface area contributed by atoms with Crippen molar-refractivity contribution in [1.82, 2.24) is 10.0 Å². The van der Waals surface area contributed by atoms with Gasteiger partial charge in [-0.05, 0) is 32.7 Å². The maximum Gasteiger partial charge on any atom is 0.213 e. The van der Waals surface area contributed by atoms with E-state index in [2.05, 4.69) is 17.0 Å². The molecule has 0 bridgehead atoms. The first-order valence-corrected chi connectivity index (χ1v) is 8.01. The number of nitrogens with one attached hydrogen (secondary N) is 2. The fraction of sp³-hybridized carbons (Fsp3) is 1.00. The van der Waals surface area contributed by atoms with Crippen molar-refractivity contribution in [3.8, 4) is 0 Å². The summed E-state index contributed by atoms with van der Waals surface area (Å²) in [6.45, 7) is 6.06. The fourth-order valence-corrected chi connectivity index (χ4v) is 3.18. The van der Waals surface area contributed by atoms with E-state index in [9.17, 15) is 8.42 Å². The van der Waals surface area contributed by atoms with E-state index in [4.69, 9.17) is 4.74 Å². The molecule has 0 radical (unpaired) electrons. The molecule has 2 unspecified atom stereocenters. The zero-order valence-electron chi connectivity index (χ0n) is 10.7. The Morgan fingerprint density at radius 2 is 2.12 bits per heavy atom. The van der Waals surface area contributed by atoms with Crippen LogP contribution in [0.3, 0.4) is 0 Å². The van der Waals surface area contributed by atoms with Crippen molar-refractivity contribution >= 4 is 10.0 Å². The second kappa shape index (κ2) is 7.31. The van der Waals surface area contributed by atoms with Crippen molar-refractivity contribution in [3.05, 3.63) is 0 Å². The Kier molecular flexibility index (Phi) is 6.40. The number of hydrogen-bond donors (Lipinski definition) is 2. The summed E-state index contributed by atoms with van der Waals surface area (Å²) in [5, 5.41) is 3.09. The molecule has 1 saturated heterocycles. The van der Waals surface area contributed by atoms with Crippen LogP contribution in [0.2, 0.25) is 0 Å². The molecule has 1 aliphatic heterocycles. The highest BCUT2D eigenvalue weighted by Crippen LogP contribution is 2.13. The van der Waals surface area contributed by atoms with E-state index >= 15 is 0 Å².